The Labute approximate surface area is 113 Å². The molecule has 0 aliphatic heterocycles. The van der Waals surface area contributed by atoms with Gasteiger partial charge in [0.25, 0.3) is 0 Å². The van der Waals surface area contributed by atoms with Crippen molar-refractivity contribution in [2.24, 2.45) is 5.92 Å². The third-order valence-corrected chi connectivity index (χ3v) is 2.85. The lowest BCUT2D eigenvalue weighted by Gasteiger charge is -2.19. The largest absolute Gasteiger partial charge is 0.490 e. The van der Waals surface area contributed by atoms with Crippen LogP contribution < -0.4 is 9.47 Å². The van der Waals surface area contributed by atoms with E-state index in [1.54, 1.807) is 6.07 Å². The number of hydrogen-bond acceptors (Lipinski definition) is 4. The molecule has 1 aliphatic carbocycles. The fourth-order valence-electron chi connectivity index (χ4n) is 1.82. The second-order valence-electron chi connectivity index (χ2n) is 4.30. The molecule has 0 amide bonds. The normalized spacial score (nSPS) is 17.5. The molecule has 0 bridgehead atoms. The van der Waals surface area contributed by atoms with Gasteiger partial charge < -0.3 is 9.47 Å². The van der Waals surface area contributed by atoms with Gasteiger partial charge >= 0.3 is 0 Å². The van der Waals surface area contributed by atoms with Gasteiger partial charge in [-0.2, -0.15) is 5.26 Å². The van der Waals surface area contributed by atoms with Gasteiger partial charge in [0.1, 0.15) is 17.5 Å². The molecule has 4 heteroatoms. The molecule has 2 rings (SSSR count). The van der Waals surface area contributed by atoms with E-state index in [1.807, 2.05) is 25.1 Å². The Balaban J connectivity index is 2.26. The molecule has 0 saturated heterocycles. The van der Waals surface area contributed by atoms with Gasteiger partial charge in [-0.15, -0.1) is 0 Å². The van der Waals surface area contributed by atoms with Gasteiger partial charge in [0.05, 0.1) is 12.8 Å². The number of allylic oxidation sites excluding steroid dienone is 4. The van der Waals surface area contributed by atoms with E-state index < -0.39 is 0 Å². The van der Waals surface area contributed by atoms with Crippen LogP contribution in [0.5, 0.6) is 11.5 Å². The van der Waals surface area contributed by atoms with Crippen molar-refractivity contribution in [3.63, 3.8) is 0 Å². The maximum Gasteiger partial charge on any atom is 0.187 e. The number of nitriles is 1. The molecule has 19 heavy (non-hydrogen) atoms. The summed E-state index contributed by atoms with van der Waals surface area (Å²) in [5.41, 5.74) is 0.321. The van der Waals surface area contributed by atoms with E-state index in [-0.39, 0.29) is 0 Å². The average molecular weight is 256 g/mol. The van der Waals surface area contributed by atoms with Crippen LogP contribution in [0.3, 0.4) is 0 Å². The first-order valence-corrected chi connectivity index (χ1v) is 6.32. The summed E-state index contributed by atoms with van der Waals surface area (Å²) in [7, 11) is 0. The molecule has 0 fully saturated rings. The zero-order chi connectivity index (χ0) is 13.7. The summed E-state index contributed by atoms with van der Waals surface area (Å²) in [5, 5.41) is 8.86. The molecule has 98 valence electrons. The number of rotatable bonds is 4. The number of aromatic nitrogens is 1. The van der Waals surface area contributed by atoms with Crippen molar-refractivity contribution in [3.8, 4) is 17.6 Å². The van der Waals surface area contributed by atoms with E-state index in [2.05, 4.69) is 18.0 Å². The lowest BCUT2D eigenvalue weighted by molar-refractivity contribution is 0.297. The summed E-state index contributed by atoms with van der Waals surface area (Å²) < 4.78 is 11.4. The Morgan fingerprint density at radius 2 is 2.32 bits per heavy atom. The van der Waals surface area contributed by atoms with Crippen molar-refractivity contribution >= 4 is 0 Å². The van der Waals surface area contributed by atoms with E-state index in [0.717, 1.165) is 12.2 Å². The van der Waals surface area contributed by atoms with Crippen LogP contribution in [0.1, 0.15) is 26.0 Å². The fraction of sp³-hybridized carbons (Fsp3) is 0.333. The number of hydrogen-bond donors (Lipinski definition) is 0. The summed E-state index contributed by atoms with van der Waals surface area (Å²) in [4.78, 5) is 4.02. The zero-order valence-electron chi connectivity index (χ0n) is 11.1. The maximum absolute atomic E-state index is 8.86. The van der Waals surface area contributed by atoms with Gasteiger partial charge in [0, 0.05) is 12.0 Å². The minimum atomic E-state index is 0.321. The molecule has 1 atom stereocenters. The summed E-state index contributed by atoms with van der Waals surface area (Å²) in [6.45, 7) is 4.51. The highest BCUT2D eigenvalue weighted by atomic mass is 16.5. The predicted molar refractivity (Wildman–Crippen MR) is 71.8 cm³/mol. The molecule has 0 spiro atoms. The van der Waals surface area contributed by atoms with E-state index >= 15 is 0 Å². The molecular formula is C15H16N2O2. The lowest BCUT2D eigenvalue weighted by atomic mass is 10.0. The minimum Gasteiger partial charge on any atom is -0.490 e. The van der Waals surface area contributed by atoms with Crippen LogP contribution in [-0.2, 0) is 0 Å². The van der Waals surface area contributed by atoms with Crippen LogP contribution >= 0.6 is 0 Å². The van der Waals surface area contributed by atoms with Crippen molar-refractivity contribution in [3.05, 3.63) is 41.9 Å². The van der Waals surface area contributed by atoms with Crippen LogP contribution in [0.2, 0.25) is 0 Å². The summed E-state index contributed by atoms with van der Waals surface area (Å²) in [6, 6.07) is 3.59. The average Bonchev–Trinajstić information content (AvgIpc) is 2.43. The predicted octanol–water partition coefficient (Wildman–Crippen LogP) is 3.21. The van der Waals surface area contributed by atoms with Crippen molar-refractivity contribution in [1.29, 1.82) is 5.26 Å². The number of nitrogens with zero attached hydrogens (tertiary/aromatic N) is 2. The van der Waals surface area contributed by atoms with Crippen molar-refractivity contribution in [2.75, 3.05) is 6.61 Å². The Hall–Kier alpha value is -2.28. The molecule has 0 saturated carbocycles. The van der Waals surface area contributed by atoms with Gasteiger partial charge in [0.2, 0.25) is 0 Å². The molecular weight excluding hydrogens is 240 g/mol. The summed E-state index contributed by atoms with van der Waals surface area (Å²) in [6.07, 6.45) is 8.53. The quantitative estimate of drug-likeness (QED) is 0.830. The highest BCUT2D eigenvalue weighted by Crippen LogP contribution is 2.31. The van der Waals surface area contributed by atoms with Crippen LogP contribution in [0.4, 0.5) is 0 Å². The van der Waals surface area contributed by atoms with Crippen LogP contribution in [0.15, 0.2) is 36.3 Å². The second kappa shape index (κ2) is 6.05. The van der Waals surface area contributed by atoms with E-state index in [1.165, 1.54) is 6.20 Å². The van der Waals surface area contributed by atoms with Gasteiger partial charge in [-0.05, 0) is 19.4 Å². The lowest BCUT2D eigenvalue weighted by Crippen LogP contribution is -2.09. The summed E-state index contributed by atoms with van der Waals surface area (Å²) >= 11 is 0. The Morgan fingerprint density at radius 1 is 1.47 bits per heavy atom. The number of pyridine rings is 1. The molecule has 1 aliphatic rings. The Kier molecular flexibility index (Phi) is 4.19. The minimum absolute atomic E-state index is 0.321. The monoisotopic (exact) mass is 256 g/mol. The highest BCUT2D eigenvalue weighted by Gasteiger charge is 2.15. The van der Waals surface area contributed by atoms with E-state index in [4.69, 9.17) is 14.7 Å². The van der Waals surface area contributed by atoms with Gasteiger partial charge in [-0.25, -0.2) is 4.98 Å². The van der Waals surface area contributed by atoms with Gasteiger partial charge in [-0.1, -0.05) is 19.1 Å². The third-order valence-electron chi connectivity index (χ3n) is 2.85. The first kappa shape index (κ1) is 13.2. The second-order valence-corrected chi connectivity index (χ2v) is 4.30. The maximum atomic E-state index is 8.86. The fourth-order valence-corrected chi connectivity index (χ4v) is 1.82. The van der Waals surface area contributed by atoms with Gasteiger partial charge in [-0.3, -0.25) is 0 Å². The van der Waals surface area contributed by atoms with E-state index in [9.17, 15) is 0 Å². The first-order chi connectivity index (χ1) is 9.24. The van der Waals surface area contributed by atoms with Crippen LogP contribution in [0.25, 0.3) is 0 Å². The third kappa shape index (κ3) is 3.14. The standard InChI is InChI=1S/C15H16N2O2/c1-3-18-14-8-12(9-16)17-10-15(14)19-13-7-5-4-6-11(13)2/h4-5,7-8,10-11H,3,6H2,1-2H3. The molecule has 1 unspecified atom stereocenters. The van der Waals surface area contributed by atoms with Crippen molar-refractivity contribution in [2.45, 2.75) is 20.3 Å². The number of ether oxygens (including phenoxy) is 2. The molecule has 1 heterocycles. The molecule has 1 aromatic rings. The van der Waals surface area contributed by atoms with Crippen LogP contribution in [0, 0.1) is 17.2 Å². The Morgan fingerprint density at radius 3 is 3.00 bits per heavy atom. The zero-order valence-corrected chi connectivity index (χ0v) is 11.1. The molecule has 1 aromatic heterocycles. The molecule has 0 radical (unpaired) electrons. The topological polar surface area (TPSA) is 55.1 Å². The molecule has 4 nitrogen and oxygen atoms in total. The van der Waals surface area contributed by atoms with E-state index in [0.29, 0.717) is 29.7 Å². The Bertz CT molecular complexity index is 556. The molecule has 0 N–H and O–H groups in total. The summed E-state index contributed by atoms with van der Waals surface area (Å²) in [5.74, 6) is 2.32. The first-order valence-electron chi connectivity index (χ1n) is 6.32. The smallest absolute Gasteiger partial charge is 0.187 e. The highest BCUT2D eigenvalue weighted by molar-refractivity contribution is 5.43. The van der Waals surface area contributed by atoms with Crippen molar-refractivity contribution in [1.82, 2.24) is 4.98 Å². The van der Waals surface area contributed by atoms with Crippen LogP contribution in [-0.4, -0.2) is 11.6 Å². The van der Waals surface area contributed by atoms with Crippen molar-refractivity contribution < 1.29 is 9.47 Å². The van der Waals surface area contributed by atoms with Gasteiger partial charge in [0.15, 0.2) is 11.5 Å². The molecule has 0 aromatic carbocycles. The SMILES string of the molecule is CCOc1cc(C#N)ncc1OC1=CC=CCC1C.